The van der Waals surface area contributed by atoms with Crippen molar-refractivity contribution >= 4 is 24.3 Å². The normalized spacial score (nSPS) is 14.2. The van der Waals surface area contributed by atoms with E-state index in [9.17, 15) is 0 Å². The molecule has 0 unspecified atom stereocenters. The minimum absolute atomic E-state index is 0. The zero-order chi connectivity index (χ0) is 17.5. The van der Waals surface area contributed by atoms with Gasteiger partial charge in [0.2, 0.25) is 0 Å². The van der Waals surface area contributed by atoms with E-state index >= 15 is 0 Å². The van der Waals surface area contributed by atoms with Crippen LogP contribution in [0.15, 0.2) is 53.6 Å². The van der Waals surface area contributed by atoms with Crippen molar-refractivity contribution in [3.05, 3.63) is 54.1 Å². The molecule has 0 aromatic heterocycles. The van der Waals surface area contributed by atoms with Crippen molar-refractivity contribution in [2.24, 2.45) is 5.10 Å². The van der Waals surface area contributed by atoms with Gasteiger partial charge in [0.15, 0.2) is 0 Å². The number of ether oxygens (including phenoxy) is 2. The van der Waals surface area contributed by atoms with E-state index < -0.39 is 0 Å². The second kappa shape index (κ2) is 9.92. The smallest absolute Gasteiger partial charge is 0.142 e. The second-order valence-electron chi connectivity index (χ2n) is 5.83. The Labute approximate surface area is 161 Å². The van der Waals surface area contributed by atoms with E-state index in [-0.39, 0.29) is 12.4 Å². The van der Waals surface area contributed by atoms with E-state index in [2.05, 4.69) is 21.1 Å². The van der Waals surface area contributed by atoms with Crippen LogP contribution in [0.4, 0.5) is 5.69 Å². The van der Waals surface area contributed by atoms with Gasteiger partial charge in [0.1, 0.15) is 11.5 Å². The number of methoxy groups -OCH3 is 1. The van der Waals surface area contributed by atoms with Crippen molar-refractivity contribution < 1.29 is 9.47 Å². The molecule has 6 heteroatoms. The third kappa shape index (κ3) is 4.82. The monoisotopic (exact) mass is 375 g/mol. The van der Waals surface area contributed by atoms with Gasteiger partial charge in [0, 0.05) is 18.7 Å². The maximum atomic E-state index is 5.65. The summed E-state index contributed by atoms with van der Waals surface area (Å²) in [6.07, 6.45) is 1.89. The Kier molecular flexibility index (Phi) is 7.60. The highest BCUT2D eigenvalue weighted by molar-refractivity contribution is 5.85. The molecule has 0 aliphatic carbocycles. The predicted molar refractivity (Wildman–Crippen MR) is 109 cm³/mol. The molecule has 0 amide bonds. The first kappa shape index (κ1) is 19.9. The van der Waals surface area contributed by atoms with E-state index in [0.29, 0.717) is 6.61 Å². The van der Waals surface area contributed by atoms with Crippen LogP contribution < -0.4 is 14.4 Å². The fourth-order valence-electron chi connectivity index (χ4n) is 2.96. The third-order valence-corrected chi connectivity index (χ3v) is 4.26. The first-order chi connectivity index (χ1) is 12.3. The summed E-state index contributed by atoms with van der Waals surface area (Å²) in [5, 5.41) is 6.74. The summed E-state index contributed by atoms with van der Waals surface area (Å²) in [6, 6.07) is 16.1. The van der Waals surface area contributed by atoms with Crippen molar-refractivity contribution in [2.45, 2.75) is 6.92 Å². The van der Waals surface area contributed by atoms with Crippen LogP contribution >= 0.6 is 12.4 Å². The molecule has 0 N–H and O–H groups in total. The highest BCUT2D eigenvalue weighted by atomic mass is 35.5. The molecule has 2 aromatic rings. The molecule has 0 atom stereocenters. The molecule has 1 heterocycles. The summed E-state index contributed by atoms with van der Waals surface area (Å²) < 4.78 is 11.1. The van der Waals surface area contributed by atoms with Crippen LogP contribution in [-0.4, -0.2) is 51.1 Å². The zero-order valence-corrected chi connectivity index (χ0v) is 16.1. The molecule has 26 heavy (non-hydrogen) atoms. The topological polar surface area (TPSA) is 37.3 Å². The van der Waals surface area contributed by atoms with Crippen LogP contribution in [0.3, 0.4) is 0 Å². The highest BCUT2D eigenvalue weighted by Crippen LogP contribution is 2.28. The van der Waals surface area contributed by atoms with Crippen LogP contribution in [-0.2, 0) is 0 Å². The van der Waals surface area contributed by atoms with Gasteiger partial charge >= 0.3 is 0 Å². The van der Waals surface area contributed by atoms with Crippen LogP contribution in [0.25, 0.3) is 0 Å². The van der Waals surface area contributed by atoms with Crippen LogP contribution in [0.1, 0.15) is 12.5 Å². The van der Waals surface area contributed by atoms with Crippen LogP contribution in [0.5, 0.6) is 11.5 Å². The fourth-order valence-corrected chi connectivity index (χ4v) is 2.96. The molecule has 0 saturated carbocycles. The Balaban J connectivity index is 0.00000243. The molecular weight excluding hydrogens is 350 g/mol. The molecule has 1 fully saturated rings. The number of para-hydroxylation sites is 3. The lowest BCUT2D eigenvalue weighted by Crippen LogP contribution is -2.44. The van der Waals surface area contributed by atoms with Crippen molar-refractivity contribution in [2.75, 3.05) is 44.8 Å². The Morgan fingerprint density at radius 2 is 1.62 bits per heavy atom. The molecule has 0 radical (unpaired) electrons. The lowest BCUT2D eigenvalue weighted by atomic mass is 10.2. The number of hydrazone groups is 1. The molecule has 2 aromatic carbocycles. The summed E-state index contributed by atoms with van der Waals surface area (Å²) in [6.45, 7) is 6.25. The second-order valence-corrected chi connectivity index (χ2v) is 5.83. The summed E-state index contributed by atoms with van der Waals surface area (Å²) in [5.41, 5.74) is 2.16. The molecule has 1 saturated heterocycles. The number of nitrogens with zero attached hydrogens (tertiary/aromatic N) is 3. The Hall–Kier alpha value is -2.40. The van der Waals surface area contributed by atoms with Crippen molar-refractivity contribution in [1.29, 1.82) is 0 Å². The first-order valence-corrected chi connectivity index (χ1v) is 8.70. The van der Waals surface area contributed by atoms with Gasteiger partial charge in [-0.2, -0.15) is 5.10 Å². The van der Waals surface area contributed by atoms with Gasteiger partial charge in [-0.1, -0.05) is 24.3 Å². The minimum Gasteiger partial charge on any atom is -0.495 e. The standard InChI is InChI=1S/C20H25N3O2.ClH/c1-3-25-19-10-6-4-8-17(19)16-21-23-14-12-22(13-15-23)18-9-5-7-11-20(18)24-2;/h4-11,16H,3,12-15H2,1-2H3;1H. The largest absolute Gasteiger partial charge is 0.495 e. The lowest BCUT2D eigenvalue weighted by molar-refractivity contribution is 0.271. The van der Waals surface area contributed by atoms with Gasteiger partial charge in [-0.05, 0) is 31.2 Å². The lowest BCUT2D eigenvalue weighted by Gasteiger charge is -2.35. The molecular formula is C20H26ClN3O2. The molecule has 3 rings (SSSR count). The fraction of sp³-hybridized carbons (Fsp3) is 0.350. The molecule has 1 aliphatic heterocycles. The van der Waals surface area contributed by atoms with Crippen molar-refractivity contribution in [3.8, 4) is 11.5 Å². The zero-order valence-electron chi connectivity index (χ0n) is 15.3. The summed E-state index contributed by atoms with van der Waals surface area (Å²) in [5.74, 6) is 1.80. The number of hydrogen-bond acceptors (Lipinski definition) is 5. The quantitative estimate of drug-likeness (QED) is 0.722. The van der Waals surface area contributed by atoms with E-state index in [0.717, 1.165) is 48.9 Å². The summed E-state index contributed by atoms with van der Waals surface area (Å²) in [7, 11) is 1.72. The number of halogens is 1. The van der Waals surface area contributed by atoms with Gasteiger partial charge in [-0.3, -0.25) is 5.01 Å². The Morgan fingerprint density at radius 3 is 2.31 bits per heavy atom. The number of anilines is 1. The first-order valence-electron chi connectivity index (χ1n) is 8.70. The highest BCUT2D eigenvalue weighted by Gasteiger charge is 2.18. The number of rotatable bonds is 6. The molecule has 140 valence electrons. The van der Waals surface area contributed by atoms with Gasteiger partial charge in [0.25, 0.3) is 0 Å². The number of hydrogen-bond donors (Lipinski definition) is 0. The molecule has 0 spiro atoms. The third-order valence-electron chi connectivity index (χ3n) is 4.26. The van der Waals surface area contributed by atoms with Crippen molar-refractivity contribution in [3.63, 3.8) is 0 Å². The van der Waals surface area contributed by atoms with E-state index in [4.69, 9.17) is 9.47 Å². The Morgan fingerprint density at radius 1 is 0.962 bits per heavy atom. The average molecular weight is 376 g/mol. The number of benzene rings is 2. The summed E-state index contributed by atoms with van der Waals surface area (Å²) in [4.78, 5) is 2.35. The Bertz CT molecular complexity index is 716. The van der Waals surface area contributed by atoms with E-state index in [1.165, 1.54) is 0 Å². The van der Waals surface area contributed by atoms with E-state index in [1.807, 2.05) is 55.6 Å². The predicted octanol–water partition coefficient (Wildman–Crippen LogP) is 3.67. The van der Waals surface area contributed by atoms with E-state index in [1.54, 1.807) is 7.11 Å². The maximum Gasteiger partial charge on any atom is 0.142 e. The van der Waals surface area contributed by atoms with Gasteiger partial charge < -0.3 is 14.4 Å². The summed E-state index contributed by atoms with van der Waals surface area (Å²) >= 11 is 0. The SMILES string of the molecule is CCOc1ccccc1C=NN1CCN(c2ccccc2OC)CC1.Cl. The van der Waals surface area contributed by atoms with Gasteiger partial charge in [0.05, 0.1) is 38.7 Å². The molecule has 1 aliphatic rings. The van der Waals surface area contributed by atoms with Gasteiger partial charge in [-0.15, -0.1) is 12.4 Å². The maximum absolute atomic E-state index is 5.65. The van der Waals surface area contributed by atoms with Gasteiger partial charge in [-0.25, -0.2) is 0 Å². The van der Waals surface area contributed by atoms with Crippen LogP contribution in [0.2, 0.25) is 0 Å². The minimum atomic E-state index is 0. The van der Waals surface area contributed by atoms with Crippen molar-refractivity contribution in [1.82, 2.24) is 5.01 Å². The molecule has 5 nitrogen and oxygen atoms in total. The number of piperazine rings is 1. The molecule has 0 bridgehead atoms. The average Bonchev–Trinajstić information content (AvgIpc) is 2.68. The van der Waals surface area contributed by atoms with Crippen LogP contribution in [0, 0.1) is 0 Å².